The molecular formula is C47H72O20. The van der Waals surface area contributed by atoms with E-state index in [-0.39, 0.29) is 31.0 Å². The summed E-state index contributed by atoms with van der Waals surface area (Å²) in [6.45, 7) is 8.59. The summed E-state index contributed by atoms with van der Waals surface area (Å²) >= 11 is 0. The highest BCUT2D eigenvalue weighted by molar-refractivity contribution is 5.96. The Morgan fingerprint density at radius 1 is 0.746 bits per heavy atom. The third-order valence-electron chi connectivity index (χ3n) is 15.2. The van der Waals surface area contributed by atoms with Crippen molar-refractivity contribution in [3.8, 4) is 0 Å². The van der Waals surface area contributed by atoms with Gasteiger partial charge >= 0.3 is 5.97 Å². The number of aryl methyl sites for hydroxylation is 1. The minimum atomic E-state index is -1.60. The molecule has 1 saturated carbocycles. The van der Waals surface area contributed by atoms with E-state index >= 15 is 0 Å². The second kappa shape index (κ2) is 22.3. The standard InChI is InChI=1S/C47H72O20/c1-21-26(13-14-59-21)29(49)12-11-28-27(45(54)55)10-9-25-15-31(30(50)19-47(25,28)5)63-36-16-32(56-6)42(22(2)60-36)65-37-17-33(57-7)43(23(3)61-37)66-38-18-34(58-8)44(24(4)62-38)67-46-41(53)40(52)39(51)35(20-48)64-46/h9,13-14,22-24,27-28,30-44,46,48,50-53H,10-12,15-20H2,1-8H3,(H,54,55)/t22-,23+,24-,27-,28+,30-,31-,32+,33+,34+,35-,36+,37+,38+,39-,40+,41-,42-,43-,44-,46+,47+/m1/s1. The van der Waals surface area contributed by atoms with E-state index in [1.54, 1.807) is 34.1 Å². The number of ether oxygens (including phenoxy) is 11. The monoisotopic (exact) mass is 956 g/mol. The number of carbonyl (C=O) groups is 2. The van der Waals surface area contributed by atoms with Gasteiger partial charge in [0, 0.05) is 47.0 Å². The van der Waals surface area contributed by atoms with Crippen LogP contribution in [0, 0.1) is 24.2 Å². The Hall–Kier alpha value is -2.48. The molecule has 20 nitrogen and oxygen atoms in total. The van der Waals surface area contributed by atoms with E-state index in [0.29, 0.717) is 43.4 Å². The van der Waals surface area contributed by atoms with Crippen LogP contribution in [0.5, 0.6) is 0 Å². The molecule has 67 heavy (non-hydrogen) atoms. The first-order chi connectivity index (χ1) is 31.9. The van der Waals surface area contributed by atoms with Crippen molar-refractivity contribution in [3.05, 3.63) is 35.3 Å². The number of aliphatic hydroxyl groups is 5. The summed E-state index contributed by atoms with van der Waals surface area (Å²) in [7, 11) is 4.67. The number of methoxy groups -OCH3 is 3. The molecule has 20 heteroatoms. The van der Waals surface area contributed by atoms with E-state index in [1.807, 2.05) is 26.8 Å². The largest absolute Gasteiger partial charge is 0.481 e. The SMILES string of the molecule is CO[C@H]1C[C@H](O[C@H]2[C@@H](OC)C[C@H](O[C@@H]3CC4=CC[C@@H](C(=O)O)[C@H](CCC(=O)c5ccoc5C)[C@@]4(C)C[C@H]3O)O[C@@H]2C)O[C@@H](C)[C@H]1O[C@H]1C[C@H](OC)[C@H](O[C@@H]2O[C@H](CO)[C@@H](O)[C@H](O)[C@H]2O)[C@@H](C)O1. The number of fused-ring (bicyclic) bond motifs is 1. The van der Waals surface area contributed by atoms with Crippen LogP contribution < -0.4 is 0 Å². The van der Waals surface area contributed by atoms with Gasteiger partial charge in [-0.25, -0.2) is 0 Å². The lowest BCUT2D eigenvalue weighted by molar-refractivity contribution is -0.357. The lowest BCUT2D eigenvalue weighted by Gasteiger charge is -2.52. The average Bonchev–Trinajstić information content (AvgIpc) is 3.73. The first-order valence-electron chi connectivity index (χ1n) is 23.6. The van der Waals surface area contributed by atoms with Crippen LogP contribution >= 0.6 is 0 Å². The van der Waals surface area contributed by atoms with Crippen LogP contribution in [-0.4, -0.2) is 187 Å². The van der Waals surface area contributed by atoms with Crippen LogP contribution in [0.2, 0.25) is 0 Å². The molecule has 6 N–H and O–H groups in total. The number of ketones is 1. The summed E-state index contributed by atoms with van der Waals surface area (Å²) in [6, 6.07) is 1.64. The Morgan fingerprint density at radius 3 is 1.78 bits per heavy atom. The summed E-state index contributed by atoms with van der Waals surface area (Å²) in [6.07, 6.45) is -10.4. The Kier molecular flexibility index (Phi) is 17.4. The van der Waals surface area contributed by atoms with Gasteiger partial charge in [-0.3, -0.25) is 9.59 Å². The van der Waals surface area contributed by atoms with Gasteiger partial charge < -0.3 is 87.2 Å². The van der Waals surface area contributed by atoms with Gasteiger partial charge in [0.1, 0.15) is 48.5 Å². The van der Waals surface area contributed by atoms with Crippen molar-refractivity contribution < 1.29 is 96.8 Å². The molecule has 5 heterocycles. The predicted octanol–water partition coefficient (Wildman–Crippen LogP) is 2.15. The van der Waals surface area contributed by atoms with Gasteiger partial charge in [0.2, 0.25) is 0 Å². The zero-order valence-corrected chi connectivity index (χ0v) is 39.6. The fourth-order valence-corrected chi connectivity index (χ4v) is 11.3. The maximum absolute atomic E-state index is 13.1. The topological polar surface area (TPSA) is 270 Å². The number of aliphatic hydroxyl groups excluding tert-OH is 5. The Morgan fingerprint density at radius 2 is 1.28 bits per heavy atom. The lowest BCUT2D eigenvalue weighted by Crippen LogP contribution is -2.62. The maximum Gasteiger partial charge on any atom is 0.307 e. The number of carbonyl (C=O) groups excluding carboxylic acids is 1. The van der Waals surface area contributed by atoms with Gasteiger partial charge in [-0.05, 0) is 70.8 Å². The average molecular weight is 957 g/mol. The zero-order chi connectivity index (χ0) is 48.5. The van der Waals surface area contributed by atoms with E-state index in [4.69, 9.17) is 56.5 Å². The summed E-state index contributed by atoms with van der Waals surface area (Å²) in [5, 5.41) is 62.5. The van der Waals surface area contributed by atoms with Crippen molar-refractivity contribution in [3.63, 3.8) is 0 Å². The van der Waals surface area contributed by atoms with Crippen LogP contribution in [-0.2, 0) is 56.9 Å². The van der Waals surface area contributed by atoms with E-state index < -0.39 is 141 Å². The molecule has 4 aliphatic heterocycles. The molecule has 1 aromatic rings. The molecule has 0 radical (unpaired) electrons. The zero-order valence-electron chi connectivity index (χ0n) is 39.6. The smallest absolute Gasteiger partial charge is 0.307 e. The quantitative estimate of drug-likeness (QED) is 0.0965. The fraction of sp³-hybridized carbons (Fsp3) is 0.830. The number of aliphatic carboxylic acids is 1. The van der Waals surface area contributed by atoms with Crippen molar-refractivity contribution in [2.75, 3.05) is 27.9 Å². The Balaban J connectivity index is 0.920. The number of hydrogen-bond donors (Lipinski definition) is 6. The van der Waals surface area contributed by atoms with Gasteiger partial charge in [0.05, 0.1) is 73.2 Å². The molecule has 0 aromatic carbocycles. The van der Waals surface area contributed by atoms with E-state index in [9.17, 15) is 40.2 Å². The third kappa shape index (κ3) is 11.2. The van der Waals surface area contributed by atoms with Gasteiger partial charge in [-0.15, -0.1) is 0 Å². The highest BCUT2D eigenvalue weighted by Crippen LogP contribution is 2.55. The molecule has 22 atom stereocenters. The predicted molar refractivity (Wildman–Crippen MR) is 230 cm³/mol. The molecule has 1 aromatic heterocycles. The first kappa shape index (κ1) is 52.3. The Bertz CT molecular complexity index is 1820. The van der Waals surface area contributed by atoms with Crippen LogP contribution in [0.1, 0.15) is 95.2 Å². The number of hydrogen-bond acceptors (Lipinski definition) is 19. The first-order valence-corrected chi connectivity index (χ1v) is 23.6. The van der Waals surface area contributed by atoms with Crippen molar-refractivity contribution in [1.29, 1.82) is 0 Å². The van der Waals surface area contributed by atoms with Crippen molar-refractivity contribution in [2.45, 2.75) is 203 Å². The number of carboxylic acids is 1. The molecule has 0 spiro atoms. The highest BCUT2D eigenvalue weighted by Gasteiger charge is 2.54. The minimum absolute atomic E-state index is 0.101. The van der Waals surface area contributed by atoms with Crippen LogP contribution in [0.4, 0.5) is 0 Å². The molecule has 5 fully saturated rings. The maximum atomic E-state index is 13.1. The second-order valence-corrected chi connectivity index (χ2v) is 19.3. The molecule has 7 rings (SSSR count). The summed E-state index contributed by atoms with van der Waals surface area (Å²) in [5.41, 5.74) is 0.848. The molecule has 380 valence electrons. The molecule has 0 unspecified atom stereocenters. The number of carboxylic acid groups (broad SMARTS) is 1. The highest BCUT2D eigenvalue weighted by atomic mass is 16.8. The van der Waals surface area contributed by atoms with Crippen LogP contribution in [0.15, 0.2) is 28.4 Å². The van der Waals surface area contributed by atoms with Gasteiger partial charge in [-0.1, -0.05) is 18.6 Å². The van der Waals surface area contributed by atoms with Gasteiger partial charge in [0.15, 0.2) is 30.9 Å². The van der Waals surface area contributed by atoms with E-state index in [2.05, 4.69) is 0 Å². The van der Waals surface area contributed by atoms with E-state index in [1.165, 1.54) is 13.4 Å². The van der Waals surface area contributed by atoms with E-state index in [0.717, 1.165) is 5.57 Å². The molecule has 0 bridgehead atoms. The van der Waals surface area contributed by atoms with Crippen LogP contribution in [0.3, 0.4) is 0 Å². The summed E-state index contributed by atoms with van der Waals surface area (Å²) in [5.74, 6) is -1.56. The number of furan rings is 1. The summed E-state index contributed by atoms with van der Waals surface area (Å²) in [4.78, 5) is 25.6. The molecule has 6 aliphatic rings. The number of Topliss-reactive ketones (excluding diaryl/α,β-unsaturated/α-hetero) is 1. The van der Waals surface area contributed by atoms with Gasteiger partial charge in [0.25, 0.3) is 0 Å². The van der Waals surface area contributed by atoms with Gasteiger partial charge in [-0.2, -0.15) is 0 Å². The molecule has 2 aliphatic carbocycles. The summed E-state index contributed by atoms with van der Waals surface area (Å²) < 4.78 is 73.2. The molecular weight excluding hydrogens is 884 g/mol. The third-order valence-corrected chi connectivity index (χ3v) is 15.2. The number of rotatable bonds is 17. The minimum Gasteiger partial charge on any atom is -0.481 e. The Labute approximate surface area is 391 Å². The number of allylic oxidation sites excluding steroid dienone is 1. The molecule has 4 saturated heterocycles. The van der Waals surface area contributed by atoms with Crippen molar-refractivity contribution in [2.24, 2.45) is 17.3 Å². The van der Waals surface area contributed by atoms with Crippen molar-refractivity contribution in [1.82, 2.24) is 0 Å². The van der Waals surface area contributed by atoms with Crippen LogP contribution in [0.25, 0.3) is 0 Å². The fourth-order valence-electron chi connectivity index (χ4n) is 11.3. The second-order valence-electron chi connectivity index (χ2n) is 19.3. The molecule has 0 amide bonds. The van der Waals surface area contributed by atoms with Crippen molar-refractivity contribution >= 4 is 11.8 Å². The lowest BCUT2D eigenvalue weighted by atomic mass is 9.55. The normalized spacial score (nSPS) is 45.0.